The van der Waals surface area contributed by atoms with Gasteiger partial charge in [-0.1, -0.05) is 31.5 Å². The van der Waals surface area contributed by atoms with Crippen LogP contribution in [-0.4, -0.2) is 22.6 Å². The summed E-state index contributed by atoms with van der Waals surface area (Å²) in [6.07, 6.45) is 1.85. The van der Waals surface area contributed by atoms with Crippen molar-refractivity contribution in [2.45, 2.75) is 58.9 Å². The van der Waals surface area contributed by atoms with Gasteiger partial charge in [-0.25, -0.2) is 4.79 Å². The van der Waals surface area contributed by atoms with E-state index in [1.54, 1.807) is 13.8 Å². The number of aliphatic carboxylic acids is 1. The van der Waals surface area contributed by atoms with Gasteiger partial charge in [0.25, 0.3) is 0 Å². The SMILES string of the molecule is CCc1ccc(Cl)c(CC)c1NC(=O)NC(C)(C)CCC(=O)O. The Labute approximate surface area is 142 Å². The fourth-order valence-corrected chi connectivity index (χ4v) is 2.69. The maximum atomic E-state index is 12.3. The van der Waals surface area contributed by atoms with Gasteiger partial charge >= 0.3 is 12.0 Å². The standard InChI is InChI=1S/C17H25ClN2O3/c1-5-11-7-8-13(18)12(6-2)15(11)19-16(23)20-17(3,4)10-9-14(21)22/h7-8H,5-6,9-10H2,1-4H3,(H,21,22)(H2,19,20,23). The van der Waals surface area contributed by atoms with Gasteiger partial charge in [0.15, 0.2) is 0 Å². The Balaban J connectivity index is 2.89. The van der Waals surface area contributed by atoms with Gasteiger partial charge in [-0.2, -0.15) is 0 Å². The van der Waals surface area contributed by atoms with Crippen LogP contribution in [0.25, 0.3) is 0 Å². The van der Waals surface area contributed by atoms with E-state index in [1.807, 2.05) is 26.0 Å². The van der Waals surface area contributed by atoms with Crippen LogP contribution in [0.1, 0.15) is 51.7 Å². The number of carbonyl (C=O) groups excluding carboxylic acids is 1. The van der Waals surface area contributed by atoms with Crippen LogP contribution in [0.15, 0.2) is 12.1 Å². The van der Waals surface area contributed by atoms with Crippen LogP contribution in [-0.2, 0) is 17.6 Å². The maximum absolute atomic E-state index is 12.3. The van der Waals surface area contributed by atoms with Gasteiger partial charge < -0.3 is 15.7 Å². The molecule has 0 aliphatic carbocycles. The van der Waals surface area contributed by atoms with Crippen molar-refractivity contribution < 1.29 is 14.7 Å². The largest absolute Gasteiger partial charge is 0.481 e. The number of carboxylic acid groups (broad SMARTS) is 1. The molecular weight excluding hydrogens is 316 g/mol. The van der Waals surface area contributed by atoms with Crippen LogP contribution in [0, 0.1) is 0 Å². The number of carboxylic acids is 1. The monoisotopic (exact) mass is 340 g/mol. The summed E-state index contributed by atoms with van der Waals surface area (Å²) < 4.78 is 0. The van der Waals surface area contributed by atoms with E-state index in [1.165, 1.54) is 0 Å². The van der Waals surface area contributed by atoms with Gasteiger partial charge in [0.05, 0.1) is 5.69 Å². The zero-order valence-corrected chi connectivity index (χ0v) is 14.9. The molecule has 0 aromatic heterocycles. The molecule has 128 valence electrons. The fourth-order valence-electron chi connectivity index (χ4n) is 2.40. The topological polar surface area (TPSA) is 78.4 Å². The molecule has 6 heteroatoms. The number of hydrogen-bond acceptors (Lipinski definition) is 2. The highest BCUT2D eigenvalue weighted by atomic mass is 35.5. The van der Waals surface area contributed by atoms with Gasteiger partial charge in [0.2, 0.25) is 0 Å². The van der Waals surface area contributed by atoms with E-state index < -0.39 is 11.5 Å². The van der Waals surface area contributed by atoms with Crippen molar-refractivity contribution in [3.8, 4) is 0 Å². The Morgan fingerprint density at radius 2 is 1.87 bits per heavy atom. The number of anilines is 1. The van der Waals surface area contributed by atoms with Crippen LogP contribution in [0.5, 0.6) is 0 Å². The predicted molar refractivity (Wildman–Crippen MR) is 93.3 cm³/mol. The number of benzene rings is 1. The van der Waals surface area contributed by atoms with Crippen molar-refractivity contribution in [1.82, 2.24) is 5.32 Å². The van der Waals surface area contributed by atoms with Crippen molar-refractivity contribution in [1.29, 1.82) is 0 Å². The number of halogens is 1. The maximum Gasteiger partial charge on any atom is 0.319 e. The number of hydrogen-bond donors (Lipinski definition) is 3. The van der Waals surface area contributed by atoms with E-state index in [2.05, 4.69) is 10.6 Å². The van der Waals surface area contributed by atoms with E-state index in [0.717, 1.165) is 23.2 Å². The number of rotatable bonds is 7. The first-order valence-electron chi connectivity index (χ1n) is 7.81. The molecule has 0 aliphatic heterocycles. The second-order valence-electron chi connectivity index (χ2n) is 6.12. The highest BCUT2D eigenvalue weighted by Gasteiger charge is 2.22. The average Bonchev–Trinajstić information content (AvgIpc) is 2.45. The number of carbonyl (C=O) groups is 2. The Bertz CT molecular complexity index is 585. The summed E-state index contributed by atoms with van der Waals surface area (Å²) in [5.74, 6) is -0.878. The molecule has 0 fully saturated rings. The molecule has 5 nitrogen and oxygen atoms in total. The second-order valence-corrected chi connectivity index (χ2v) is 6.53. The third kappa shape index (κ3) is 5.75. The predicted octanol–water partition coefficient (Wildman–Crippen LogP) is 4.23. The smallest absolute Gasteiger partial charge is 0.319 e. The van der Waals surface area contributed by atoms with Crippen molar-refractivity contribution >= 4 is 29.3 Å². The Hall–Kier alpha value is -1.75. The minimum absolute atomic E-state index is 0.00483. The molecule has 1 aromatic carbocycles. The lowest BCUT2D eigenvalue weighted by Gasteiger charge is -2.26. The average molecular weight is 341 g/mol. The first kappa shape index (κ1) is 19.3. The zero-order chi connectivity index (χ0) is 17.6. The van der Waals surface area contributed by atoms with Crippen molar-refractivity contribution in [2.75, 3.05) is 5.32 Å². The highest BCUT2D eigenvalue weighted by Crippen LogP contribution is 2.29. The molecule has 0 saturated carbocycles. The summed E-state index contributed by atoms with van der Waals surface area (Å²) in [5, 5.41) is 15.1. The molecule has 1 rings (SSSR count). The van der Waals surface area contributed by atoms with Crippen molar-refractivity contribution in [3.05, 3.63) is 28.3 Å². The summed E-state index contributed by atoms with van der Waals surface area (Å²) in [4.78, 5) is 23.0. The Morgan fingerprint density at radius 1 is 1.22 bits per heavy atom. The minimum atomic E-state index is -0.878. The lowest BCUT2D eigenvalue weighted by Crippen LogP contribution is -2.46. The van der Waals surface area contributed by atoms with Crippen LogP contribution in [0.4, 0.5) is 10.5 Å². The summed E-state index contributed by atoms with van der Waals surface area (Å²) >= 11 is 6.22. The lowest BCUT2D eigenvalue weighted by molar-refractivity contribution is -0.137. The summed E-state index contributed by atoms with van der Waals surface area (Å²) in [6, 6.07) is 3.40. The first-order chi connectivity index (χ1) is 10.7. The van der Waals surface area contributed by atoms with Crippen molar-refractivity contribution in [3.63, 3.8) is 0 Å². The van der Waals surface area contributed by atoms with E-state index in [4.69, 9.17) is 16.7 Å². The van der Waals surface area contributed by atoms with Gasteiger partial charge in [-0.05, 0) is 50.3 Å². The van der Waals surface area contributed by atoms with Crippen LogP contribution in [0.3, 0.4) is 0 Å². The summed E-state index contributed by atoms with van der Waals surface area (Å²) in [5.41, 5.74) is 2.06. The molecule has 0 aliphatic rings. The molecule has 23 heavy (non-hydrogen) atoms. The Morgan fingerprint density at radius 3 is 2.39 bits per heavy atom. The first-order valence-corrected chi connectivity index (χ1v) is 8.19. The number of nitrogens with one attached hydrogen (secondary N) is 2. The molecule has 0 bridgehead atoms. The van der Waals surface area contributed by atoms with E-state index in [-0.39, 0.29) is 12.5 Å². The van der Waals surface area contributed by atoms with Crippen LogP contribution < -0.4 is 10.6 Å². The highest BCUT2D eigenvalue weighted by molar-refractivity contribution is 6.31. The third-order valence-electron chi connectivity index (χ3n) is 3.73. The molecule has 3 N–H and O–H groups in total. The lowest BCUT2D eigenvalue weighted by atomic mass is 9.98. The van der Waals surface area contributed by atoms with Gasteiger partial charge in [-0.3, -0.25) is 4.79 Å². The van der Waals surface area contributed by atoms with E-state index >= 15 is 0 Å². The molecular formula is C17H25ClN2O3. The second kappa shape index (κ2) is 8.20. The third-order valence-corrected chi connectivity index (χ3v) is 4.08. The fraction of sp³-hybridized carbons (Fsp3) is 0.529. The molecule has 0 radical (unpaired) electrons. The molecule has 0 heterocycles. The van der Waals surface area contributed by atoms with Crippen molar-refractivity contribution in [2.24, 2.45) is 0 Å². The van der Waals surface area contributed by atoms with Crippen LogP contribution >= 0.6 is 11.6 Å². The minimum Gasteiger partial charge on any atom is -0.481 e. The van der Waals surface area contributed by atoms with Gasteiger partial charge in [0, 0.05) is 17.0 Å². The molecule has 0 spiro atoms. The molecule has 0 saturated heterocycles. The van der Waals surface area contributed by atoms with Gasteiger partial charge in [0.1, 0.15) is 0 Å². The number of urea groups is 1. The normalized spacial score (nSPS) is 11.2. The summed E-state index contributed by atoms with van der Waals surface area (Å²) in [7, 11) is 0. The molecule has 0 atom stereocenters. The molecule has 0 unspecified atom stereocenters. The van der Waals surface area contributed by atoms with E-state index in [0.29, 0.717) is 17.9 Å². The molecule has 1 aromatic rings. The zero-order valence-electron chi connectivity index (χ0n) is 14.1. The number of aryl methyl sites for hydroxylation is 1. The van der Waals surface area contributed by atoms with Crippen LogP contribution in [0.2, 0.25) is 5.02 Å². The quantitative estimate of drug-likeness (QED) is 0.695. The molecule has 2 amide bonds. The van der Waals surface area contributed by atoms with E-state index in [9.17, 15) is 9.59 Å². The summed E-state index contributed by atoms with van der Waals surface area (Å²) in [6.45, 7) is 7.60. The number of amides is 2. The van der Waals surface area contributed by atoms with Gasteiger partial charge in [-0.15, -0.1) is 0 Å². The Kier molecular flexibility index (Phi) is 6.88.